The Labute approximate surface area is 429 Å². The minimum atomic E-state index is -2.02. The van der Waals surface area contributed by atoms with Crippen LogP contribution >= 0.6 is 0 Å². The van der Waals surface area contributed by atoms with Crippen molar-refractivity contribution >= 4 is 29.6 Å². The van der Waals surface area contributed by atoms with E-state index < -0.39 is 153 Å². The predicted octanol–water partition coefficient (Wildman–Crippen LogP) is -1.72. The van der Waals surface area contributed by atoms with Crippen LogP contribution in [0.1, 0.15) is 80.1 Å². The van der Waals surface area contributed by atoms with Crippen LogP contribution in [0.2, 0.25) is 0 Å². The number of nitrogens with zero attached hydrogens (tertiary/aromatic N) is 3. The first-order valence-electron chi connectivity index (χ1n) is 25.1. The van der Waals surface area contributed by atoms with E-state index >= 15 is 0 Å². The van der Waals surface area contributed by atoms with E-state index in [-0.39, 0.29) is 31.1 Å². The maximum Gasteiger partial charge on any atom is 0.326 e. The van der Waals surface area contributed by atoms with E-state index in [9.17, 15) is 69.9 Å². The lowest BCUT2D eigenvalue weighted by Crippen LogP contribution is -2.60. The number of rotatable bonds is 32. The Hall–Kier alpha value is -3.95. The second-order valence-electron chi connectivity index (χ2n) is 19.6. The molecule has 18 unspecified atom stereocenters. The molecule has 2 aliphatic rings. The molecule has 0 aromatic heterocycles. The van der Waals surface area contributed by atoms with Gasteiger partial charge in [-0.1, -0.05) is 79.3 Å². The number of carbonyl (C=O) groups excluding carboxylic acids is 4. The number of amides is 4. The number of aliphatic carboxylic acids is 1. The van der Waals surface area contributed by atoms with E-state index in [0.717, 1.165) is 0 Å². The summed E-state index contributed by atoms with van der Waals surface area (Å²) < 4.78 is 22.3. The molecule has 0 aliphatic carbocycles. The summed E-state index contributed by atoms with van der Waals surface area (Å²) >= 11 is 0. The molecule has 73 heavy (non-hydrogen) atoms. The molecule has 2 rings (SSSR count). The fourth-order valence-corrected chi connectivity index (χ4v) is 9.74. The van der Waals surface area contributed by atoms with E-state index in [1.165, 1.54) is 43.2 Å². The molecule has 0 bridgehead atoms. The maximum atomic E-state index is 14.4. The van der Waals surface area contributed by atoms with Crippen molar-refractivity contribution in [1.29, 1.82) is 0 Å². The Kier molecular flexibility index (Phi) is 27.8. The molecule has 4 amide bonds. The van der Waals surface area contributed by atoms with Crippen LogP contribution in [0.3, 0.4) is 0 Å². The van der Waals surface area contributed by atoms with Gasteiger partial charge in [0.15, 0.2) is 6.29 Å². The van der Waals surface area contributed by atoms with Crippen LogP contribution in [0.5, 0.6) is 0 Å². The number of nitrogens with one attached hydrogen (secondary N) is 2. The van der Waals surface area contributed by atoms with Gasteiger partial charge in [0, 0.05) is 40.8 Å². The van der Waals surface area contributed by atoms with Crippen LogP contribution in [0, 0.1) is 17.8 Å². The van der Waals surface area contributed by atoms with Gasteiger partial charge in [0.1, 0.15) is 54.8 Å². The first kappa shape index (κ1) is 65.2. The minimum Gasteiger partial charge on any atom is -0.480 e. The zero-order valence-electron chi connectivity index (χ0n) is 44.2. The summed E-state index contributed by atoms with van der Waals surface area (Å²) in [7, 11) is 5.95. The van der Waals surface area contributed by atoms with E-state index in [0.29, 0.717) is 31.4 Å². The van der Waals surface area contributed by atoms with Crippen LogP contribution in [0.25, 0.3) is 0 Å². The van der Waals surface area contributed by atoms with Gasteiger partial charge in [-0.2, -0.15) is 0 Å². The Bertz CT molecular complexity index is 1810. The minimum absolute atomic E-state index is 0.0251. The molecule has 0 aromatic rings. The second-order valence-corrected chi connectivity index (χ2v) is 19.6. The number of hydrogen-bond acceptors (Lipinski definition) is 18. The molecule has 18 atom stereocenters. The van der Waals surface area contributed by atoms with Crippen molar-refractivity contribution in [3.05, 3.63) is 37.0 Å². The first-order chi connectivity index (χ1) is 34.3. The van der Waals surface area contributed by atoms with E-state index in [2.05, 4.69) is 23.8 Å². The quantitative estimate of drug-likeness (QED) is 0.0334. The number of carbonyl (C=O) groups is 5. The molecule has 23 heteroatoms. The number of hydrogen-bond donors (Lipinski definition) is 11. The number of aliphatic hydroxyl groups is 8. The van der Waals surface area contributed by atoms with Crippen LogP contribution in [-0.4, -0.2) is 242 Å². The number of likely N-dealkylation sites (N-methyl/N-ethyl adjacent to an activating group) is 2. The maximum absolute atomic E-state index is 14.4. The number of ether oxygens (including phenoxy) is 4. The number of likely N-dealkylation sites (tertiary alicyclic amines) is 1. The largest absolute Gasteiger partial charge is 0.480 e. The monoisotopic (exact) mass is 1050 g/mol. The lowest BCUT2D eigenvalue weighted by atomic mass is 9.89. The highest BCUT2D eigenvalue weighted by Crippen LogP contribution is 2.30. The van der Waals surface area contributed by atoms with Gasteiger partial charge in [0.25, 0.3) is 0 Å². The summed E-state index contributed by atoms with van der Waals surface area (Å²) in [5.41, 5.74) is 0.566. The van der Waals surface area contributed by atoms with Crippen molar-refractivity contribution in [2.75, 3.05) is 54.6 Å². The Balaban J connectivity index is 2.20. The highest BCUT2D eigenvalue weighted by molar-refractivity contribution is 5.90. The smallest absolute Gasteiger partial charge is 0.326 e. The molecular weight excluding hydrogens is 959 g/mol. The number of carboxylic acid groups (broad SMARTS) is 1. The Morgan fingerprint density at radius 1 is 0.849 bits per heavy atom. The fourth-order valence-electron chi connectivity index (χ4n) is 9.74. The van der Waals surface area contributed by atoms with Crippen LogP contribution in [0.4, 0.5) is 0 Å². The number of carboxylic acids is 1. The van der Waals surface area contributed by atoms with Crippen molar-refractivity contribution in [2.24, 2.45) is 17.8 Å². The summed E-state index contributed by atoms with van der Waals surface area (Å²) in [6.45, 7) is 16.5. The zero-order valence-corrected chi connectivity index (χ0v) is 44.2. The average Bonchev–Trinajstić information content (AvgIpc) is 3.85. The van der Waals surface area contributed by atoms with Gasteiger partial charge in [0.05, 0.1) is 62.0 Å². The molecular formula is C50H87N5O18. The molecule has 0 spiro atoms. The van der Waals surface area contributed by atoms with Crippen molar-refractivity contribution in [1.82, 2.24) is 25.3 Å². The van der Waals surface area contributed by atoms with Gasteiger partial charge in [-0.3, -0.25) is 24.1 Å². The SMILES string of the molecule is C=CC=C(C=C)CC(NC(=O)C(C)C(OC)C1CCCN1C(=O)CC(OC)C(C(C)CC)N(C)C(=O)C(CC)NC(=O)C(C(C)C)N(C)CC(O)C(O)C(O)C(O)COC1OC(CO)C(O)C(O)C1O)C(=O)O. The van der Waals surface area contributed by atoms with E-state index in [1.807, 2.05) is 13.8 Å². The molecule has 0 radical (unpaired) electrons. The number of methoxy groups -OCH3 is 2. The molecule has 11 N–H and O–H groups in total. The van der Waals surface area contributed by atoms with Gasteiger partial charge in [-0.15, -0.1) is 0 Å². The molecule has 2 fully saturated rings. The normalized spacial score (nSPS) is 25.5. The van der Waals surface area contributed by atoms with Gasteiger partial charge in [-0.05, 0) is 43.7 Å². The van der Waals surface area contributed by atoms with Crippen LogP contribution in [-0.2, 0) is 42.9 Å². The van der Waals surface area contributed by atoms with Crippen molar-refractivity contribution in [3.8, 4) is 0 Å². The van der Waals surface area contributed by atoms with Crippen molar-refractivity contribution < 1.29 is 88.9 Å². The standard InChI is InChI=1S/C50H87N5O18/c1-13-18-29(15-3)21-31(49(68)69)52-46(65)28(8)45(71-12)32-19-17-20-55(32)37(59)22-35(70-11)39(27(7)14-2)54(10)48(67)30(16-4)51-47(66)38(26(5)6)53(9)23-33(57)40(60)41(61)34(58)25-72-50-44(64)43(63)42(62)36(24-56)73-50/h13,15,18,26-28,30-36,38-45,50,56-58,60-64H,1,3,14,16-17,19-25H2,2,4-12H3,(H,51,66)(H,52,65)(H,68,69). The summed E-state index contributed by atoms with van der Waals surface area (Å²) in [5.74, 6) is -4.63. The Morgan fingerprint density at radius 2 is 1.47 bits per heavy atom. The zero-order chi connectivity index (χ0) is 55.6. The lowest BCUT2D eigenvalue weighted by molar-refractivity contribution is -0.306. The van der Waals surface area contributed by atoms with Crippen molar-refractivity contribution in [3.63, 3.8) is 0 Å². The Morgan fingerprint density at radius 3 is 1.99 bits per heavy atom. The highest BCUT2D eigenvalue weighted by atomic mass is 16.7. The number of allylic oxidation sites excluding steroid dienone is 3. The third-order valence-corrected chi connectivity index (χ3v) is 14.2. The molecule has 2 aliphatic heterocycles. The molecule has 2 saturated heterocycles. The summed E-state index contributed by atoms with van der Waals surface area (Å²) in [5, 5.41) is 98.1. The van der Waals surface area contributed by atoms with E-state index in [1.54, 1.807) is 45.7 Å². The molecule has 0 saturated carbocycles. The molecule has 420 valence electrons. The average molecular weight is 1050 g/mol. The van der Waals surface area contributed by atoms with Gasteiger partial charge in [0.2, 0.25) is 23.6 Å². The van der Waals surface area contributed by atoms with Gasteiger partial charge >= 0.3 is 5.97 Å². The van der Waals surface area contributed by atoms with E-state index in [4.69, 9.17) is 18.9 Å². The third kappa shape index (κ3) is 17.6. The van der Waals surface area contributed by atoms with Crippen molar-refractivity contribution in [2.45, 2.75) is 178 Å². The highest BCUT2D eigenvalue weighted by Gasteiger charge is 2.46. The topological polar surface area (TPSA) is 338 Å². The van der Waals surface area contributed by atoms with Gasteiger partial charge < -0.3 is 85.3 Å². The first-order valence-corrected chi connectivity index (χ1v) is 25.1. The second kappa shape index (κ2) is 31.2. The fraction of sp³-hybridized carbons (Fsp3) is 0.780. The summed E-state index contributed by atoms with van der Waals surface area (Å²) in [6, 6.07) is -4.49. The summed E-state index contributed by atoms with van der Waals surface area (Å²) in [4.78, 5) is 73.1. The predicted molar refractivity (Wildman–Crippen MR) is 266 cm³/mol. The molecule has 23 nitrogen and oxygen atoms in total. The van der Waals surface area contributed by atoms with Gasteiger partial charge in [-0.25, -0.2) is 4.79 Å². The summed E-state index contributed by atoms with van der Waals surface area (Å²) in [6.07, 6.45) is -11.1. The molecule has 2 heterocycles. The van der Waals surface area contributed by atoms with Crippen LogP contribution in [0.15, 0.2) is 37.0 Å². The van der Waals surface area contributed by atoms with Crippen LogP contribution < -0.4 is 10.6 Å². The molecule has 0 aromatic carbocycles. The lowest BCUT2D eigenvalue weighted by Gasteiger charge is -2.40. The number of aliphatic hydroxyl groups excluding tert-OH is 8. The third-order valence-electron chi connectivity index (χ3n) is 14.2.